The third-order valence-electron chi connectivity index (χ3n) is 5.21. The summed E-state index contributed by atoms with van der Waals surface area (Å²) in [7, 11) is -4.34. The van der Waals surface area contributed by atoms with E-state index in [-0.39, 0.29) is 17.5 Å². The summed E-state index contributed by atoms with van der Waals surface area (Å²) in [6.45, 7) is 8.90. The Balaban J connectivity index is 2.19. The molecule has 0 saturated carbocycles. The molecule has 1 aromatic heterocycles. The summed E-state index contributed by atoms with van der Waals surface area (Å²) in [5, 5.41) is 13.0. The van der Waals surface area contributed by atoms with Gasteiger partial charge in [-0.3, -0.25) is 33.0 Å². The van der Waals surface area contributed by atoms with Crippen LogP contribution < -0.4 is 16.3 Å². The first-order valence-corrected chi connectivity index (χ1v) is 15.3. The Morgan fingerprint density at radius 3 is 2.50 bits per heavy atom. The third-order valence-corrected chi connectivity index (χ3v) is 8.99. The first kappa shape index (κ1) is 34.9. The van der Waals surface area contributed by atoms with Gasteiger partial charge in [0, 0.05) is 11.2 Å². The second-order valence-electron chi connectivity index (χ2n) is 10.1. The number of aromatic amines is 1. The molecule has 1 fully saturated rings. The second kappa shape index (κ2) is 13.8. The largest absolute Gasteiger partial charge is 0.462 e. The van der Waals surface area contributed by atoms with Gasteiger partial charge in [-0.05, 0) is 20.8 Å². The Morgan fingerprint density at radius 2 is 1.93 bits per heavy atom. The van der Waals surface area contributed by atoms with Crippen molar-refractivity contribution in [3.8, 4) is 0 Å². The smallest absolute Gasteiger partial charge is 0.406 e. The standard InChI is InChI=1S/C22H33Cl2FN3O10PS/c1-11(2)37-17(31)12(3)27-39(34,35-7-8-40-19(32)21(4,5)6)36-10-14-15(29)22(23,24)18(38-14)28-9-13(25)16(30)26-20(28)33/h9,11-12,14-15,18,29H,7-8,10H2,1-6H3,(H,27,34)(H,26,30,33)/t12-,14-,15-,18-,39-/m1/s1. The van der Waals surface area contributed by atoms with E-state index in [2.05, 4.69) is 5.09 Å². The van der Waals surface area contributed by atoms with E-state index < -0.39 is 77.7 Å². The van der Waals surface area contributed by atoms with Crippen LogP contribution in [0.5, 0.6) is 0 Å². The van der Waals surface area contributed by atoms with Gasteiger partial charge >= 0.3 is 19.4 Å². The highest BCUT2D eigenvalue weighted by atomic mass is 35.5. The minimum absolute atomic E-state index is 0.105. The van der Waals surface area contributed by atoms with Crippen molar-refractivity contribution in [1.29, 1.82) is 0 Å². The van der Waals surface area contributed by atoms with E-state index >= 15 is 0 Å². The lowest BCUT2D eigenvalue weighted by Crippen LogP contribution is -2.42. The maximum Gasteiger partial charge on any atom is 0.406 e. The molecule has 1 aliphatic heterocycles. The molecule has 13 nitrogen and oxygen atoms in total. The lowest BCUT2D eigenvalue weighted by Gasteiger charge is -2.25. The van der Waals surface area contributed by atoms with Gasteiger partial charge in [0.25, 0.3) is 5.56 Å². The Hall–Kier alpha value is -1.29. The summed E-state index contributed by atoms with van der Waals surface area (Å²) in [6, 6.07) is -1.16. The van der Waals surface area contributed by atoms with Crippen LogP contribution in [-0.2, 0) is 32.7 Å². The molecule has 18 heteroatoms. The fourth-order valence-electron chi connectivity index (χ4n) is 3.16. The van der Waals surface area contributed by atoms with Crippen LogP contribution in [0.2, 0.25) is 0 Å². The molecule has 40 heavy (non-hydrogen) atoms. The number of aromatic nitrogens is 2. The van der Waals surface area contributed by atoms with Crippen LogP contribution in [0.25, 0.3) is 0 Å². The molecule has 0 spiro atoms. The zero-order valence-electron chi connectivity index (χ0n) is 22.6. The van der Waals surface area contributed by atoms with Gasteiger partial charge in [-0.25, -0.2) is 14.4 Å². The number of hydrogen-bond acceptors (Lipinski definition) is 11. The molecule has 0 radical (unpaired) electrons. The van der Waals surface area contributed by atoms with Gasteiger partial charge < -0.3 is 14.6 Å². The number of nitrogens with zero attached hydrogens (tertiary/aromatic N) is 1. The fraction of sp³-hybridized carbons (Fsp3) is 0.727. The molecule has 1 aliphatic rings. The van der Waals surface area contributed by atoms with Crippen LogP contribution in [0.15, 0.2) is 15.8 Å². The number of ether oxygens (including phenoxy) is 2. The summed E-state index contributed by atoms with van der Waals surface area (Å²) in [4.78, 5) is 49.7. The van der Waals surface area contributed by atoms with Gasteiger partial charge in [0.05, 0.1) is 25.5 Å². The number of carbonyl (C=O) groups is 2. The normalized spacial score (nSPS) is 23.1. The lowest BCUT2D eigenvalue weighted by molar-refractivity contribution is -0.149. The van der Waals surface area contributed by atoms with E-state index in [1.165, 1.54) is 6.92 Å². The Kier molecular flexibility index (Phi) is 12.0. The monoisotopic (exact) mass is 651 g/mol. The minimum Gasteiger partial charge on any atom is -0.462 e. The maximum atomic E-state index is 13.8. The first-order chi connectivity index (χ1) is 18.3. The highest BCUT2D eigenvalue weighted by Gasteiger charge is 2.56. The Labute approximate surface area is 244 Å². The molecule has 2 heterocycles. The SMILES string of the molecule is CC(C)OC(=O)[C@@H](C)N[P@@](=O)(OCCSC(=O)C(C)(C)C)OC[C@H]1O[C@@H](n2cc(F)c(=O)[nH]c2=O)C(Cl)(Cl)[C@@H]1O. The molecule has 1 saturated heterocycles. The Bertz CT molecular complexity index is 1240. The fourth-order valence-corrected chi connectivity index (χ4v) is 6.14. The second-order valence-corrected chi connectivity index (χ2v) is 14.4. The number of alkyl halides is 2. The zero-order valence-corrected chi connectivity index (χ0v) is 25.9. The van der Waals surface area contributed by atoms with Crippen LogP contribution in [0.4, 0.5) is 4.39 Å². The van der Waals surface area contributed by atoms with Crippen molar-refractivity contribution in [2.75, 3.05) is 19.0 Å². The maximum absolute atomic E-state index is 13.8. The number of thioether (sulfide) groups is 1. The molecule has 1 aromatic rings. The molecule has 2 rings (SSSR count). The van der Waals surface area contributed by atoms with Crippen LogP contribution in [0.3, 0.4) is 0 Å². The average molecular weight is 652 g/mol. The highest BCUT2D eigenvalue weighted by Crippen LogP contribution is 2.49. The highest BCUT2D eigenvalue weighted by molar-refractivity contribution is 8.13. The predicted octanol–water partition coefficient (Wildman–Crippen LogP) is 2.48. The molecule has 3 N–H and O–H groups in total. The molecule has 228 valence electrons. The summed E-state index contributed by atoms with van der Waals surface area (Å²) < 4.78 is 47.2. The van der Waals surface area contributed by atoms with Gasteiger partial charge in [-0.1, -0.05) is 55.7 Å². The lowest BCUT2D eigenvalue weighted by atomic mass is 10.00. The quantitative estimate of drug-likeness (QED) is 0.130. The summed E-state index contributed by atoms with van der Waals surface area (Å²) in [5.74, 6) is -1.99. The molecule has 0 amide bonds. The number of aliphatic hydroxyl groups is 1. The molecular formula is C22H33Cl2FN3O10PS. The zero-order chi connectivity index (χ0) is 30.6. The molecule has 0 aliphatic carbocycles. The summed E-state index contributed by atoms with van der Waals surface area (Å²) in [5.41, 5.74) is -3.02. The minimum atomic E-state index is -4.34. The van der Waals surface area contributed by atoms with Gasteiger partial charge in [-0.15, -0.1) is 0 Å². The molecule has 0 aromatic carbocycles. The van der Waals surface area contributed by atoms with E-state index in [9.17, 15) is 33.2 Å². The van der Waals surface area contributed by atoms with Crippen LogP contribution in [0, 0.1) is 11.2 Å². The van der Waals surface area contributed by atoms with Gasteiger partial charge in [0.1, 0.15) is 18.2 Å². The number of carbonyl (C=O) groups excluding carboxylic acids is 2. The van der Waals surface area contributed by atoms with E-state index in [4.69, 9.17) is 41.7 Å². The number of rotatable bonds is 12. The van der Waals surface area contributed by atoms with E-state index in [0.29, 0.717) is 10.8 Å². The third kappa shape index (κ3) is 9.10. The van der Waals surface area contributed by atoms with Crippen molar-refractivity contribution in [2.24, 2.45) is 5.41 Å². The van der Waals surface area contributed by atoms with Crippen molar-refractivity contribution in [3.05, 3.63) is 32.9 Å². The Morgan fingerprint density at radius 1 is 1.30 bits per heavy atom. The number of halogens is 3. The van der Waals surface area contributed by atoms with E-state index in [1.54, 1.807) is 39.6 Å². The number of hydrogen-bond donors (Lipinski definition) is 3. The van der Waals surface area contributed by atoms with Crippen LogP contribution >= 0.6 is 42.7 Å². The summed E-state index contributed by atoms with van der Waals surface area (Å²) in [6.07, 6.45) is -4.84. The van der Waals surface area contributed by atoms with Gasteiger partial charge in [-0.2, -0.15) is 4.39 Å². The average Bonchev–Trinajstić information content (AvgIpc) is 3.05. The number of aliphatic hydroxyl groups excluding tert-OH is 1. The van der Waals surface area contributed by atoms with Gasteiger partial charge in [0.2, 0.25) is 5.82 Å². The molecule has 0 bridgehead atoms. The van der Waals surface area contributed by atoms with Crippen molar-refractivity contribution in [3.63, 3.8) is 0 Å². The van der Waals surface area contributed by atoms with Crippen molar-refractivity contribution >= 4 is 53.8 Å². The van der Waals surface area contributed by atoms with Crippen LogP contribution in [-0.4, -0.2) is 73.4 Å². The van der Waals surface area contributed by atoms with E-state index in [1.807, 2.05) is 0 Å². The van der Waals surface area contributed by atoms with Gasteiger partial charge in [0.15, 0.2) is 15.7 Å². The molecule has 5 atom stereocenters. The van der Waals surface area contributed by atoms with Crippen LogP contribution in [0.1, 0.15) is 47.8 Å². The van der Waals surface area contributed by atoms with Crippen molar-refractivity contribution in [2.45, 2.75) is 76.5 Å². The number of esters is 1. The first-order valence-electron chi connectivity index (χ1n) is 12.1. The van der Waals surface area contributed by atoms with Crippen molar-refractivity contribution < 1.29 is 42.2 Å². The summed E-state index contributed by atoms with van der Waals surface area (Å²) >= 11 is 13.4. The van der Waals surface area contributed by atoms with E-state index in [0.717, 1.165) is 11.8 Å². The topological polar surface area (TPSA) is 175 Å². The molecule has 0 unspecified atom stereocenters. The number of H-pyrrole nitrogens is 1. The van der Waals surface area contributed by atoms with Crippen molar-refractivity contribution in [1.82, 2.24) is 14.6 Å². The number of nitrogens with one attached hydrogen (secondary N) is 2. The predicted molar refractivity (Wildman–Crippen MR) is 146 cm³/mol. The molecular weight excluding hydrogens is 619 g/mol.